The van der Waals surface area contributed by atoms with Crippen molar-refractivity contribution in [1.29, 1.82) is 0 Å². The molecule has 7 nitrogen and oxygen atoms in total. The molecule has 0 N–H and O–H groups in total. The molecule has 0 atom stereocenters. The number of ether oxygens (including phenoxy) is 1. The van der Waals surface area contributed by atoms with Gasteiger partial charge in [-0.25, -0.2) is 14.6 Å². The zero-order valence-electron chi connectivity index (χ0n) is 30.6. The van der Waals surface area contributed by atoms with Crippen molar-refractivity contribution in [3.8, 4) is 34.1 Å². The lowest BCUT2D eigenvalue weighted by atomic mass is 9.86. The van der Waals surface area contributed by atoms with Crippen LogP contribution in [-0.2, 0) is 5.41 Å². The van der Waals surface area contributed by atoms with Gasteiger partial charge in [0.25, 0.3) is 0 Å². The fraction of sp³-hybridized carbons (Fsp3) is 0.250. The van der Waals surface area contributed by atoms with Crippen LogP contribution in [0.4, 0.5) is 0 Å². The summed E-state index contributed by atoms with van der Waals surface area (Å²) in [6, 6.07) is 31.6. The van der Waals surface area contributed by atoms with Crippen molar-refractivity contribution in [3.05, 3.63) is 132 Å². The van der Waals surface area contributed by atoms with Crippen LogP contribution >= 0.6 is 0 Å². The molecule has 0 aliphatic heterocycles. The van der Waals surface area contributed by atoms with Gasteiger partial charge in [-0.1, -0.05) is 84.9 Å². The molecule has 0 unspecified atom stereocenters. The third-order valence-corrected chi connectivity index (χ3v) is 9.90. The van der Waals surface area contributed by atoms with Crippen LogP contribution in [0.25, 0.3) is 50.5 Å². The molecular formula is C44H44N6O. The quantitative estimate of drug-likeness (QED) is 0.169. The summed E-state index contributed by atoms with van der Waals surface area (Å²) in [7, 11) is 0. The lowest BCUT2D eigenvalue weighted by Crippen LogP contribution is -2.12. The third-order valence-electron chi connectivity index (χ3n) is 9.90. The minimum absolute atomic E-state index is 0.0309. The smallest absolute Gasteiger partial charge is 0.221 e. The lowest BCUT2D eigenvalue weighted by molar-refractivity contribution is 0.483. The van der Waals surface area contributed by atoms with Gasteiger partial charge < -0.3 is 4.74 Å². The highest BCUT2D eigenvalue weighted by Gasteiger charge is 2.22. The van der Waals surface area contributed by atoms with Crippen molar-refractivity contribution in [2.24, 2.45) is 0 Å². The molecule has 4 aromatic heterocycles. The summed E-state index contributed by atoms with van der Waals surface area (Å²) in [4.78, 5) is 10.0. The predicted octanol–water partition coefficient (Wildman–Crippen LogP) is 11.3. The van der Waals surface area contributed by atoms with Crippen molar-refractivity contribution in [1.82, 2.24) is 28.7 Å². The van der Waals surface area contributed by atoms with Gasteiger partial charge in [0, 0.05) is 30.1 Å². The Balaban J connectivity index is 1.20. The predicted molar refractivity (Wildman–Crippen MR) is 208 cm³/mol. The van der Waals surface area contributed by atoms with Gasteiger partial charge in [0.2, 0.25) is 5.78 Å². The van der Waals surface area contributed by atoms with Crippen LogP contribution in [0.1, 0.15) is 82.6 Å². The molecule has 0 aliphatic rings. The van der Waals surface area contributed by atoms with E-state index in [0.717, 1.165) is 62.0 Å². The van der Waals surface area contributed by atoms with Gasteiger partial charge in [0.15, 0.2) is 0 Å². The number of hydrogen-bond acceptors (Lipinski definition) is 4. The Morgan fingerprint density at radius 2 is 1.45 bits per heavy atom. The fourth-order valence-electron chi connectivity index (χ4n) is 7.19. The number of nitrogens with zero attached hydrogens (tertiary/aromatic N) is 6. The Morgan fingerprint density at radius 1 is 0.725 bits per heavy atom. The molecule has 8 aromatic rings. The van der Waals surface area contributed by atoms with E-state index in [-0.39, 0.29) is 5.41 Å². The Labute approximate surface area is 299 Å². The van der Waals surface area contributed by atoms with Crippen molar-refractivity contribution in [3.63, 3.8) is 0 Å². The second kappa shape index (κ2) is 12.3. The van der Waals surface area contributed by atoms with Crippen molar-refractivity contribution in [2.45, 2.75) is 72.6 Å². The Morgan fingerprint density at radius 3 is 2.20 bits per heavy atom. The third kappa shape index (κ3) is 5.67. The van der Waals surface area contributed by atoms with Crippen molar-refractivity contribution >= 4 is 27.8 Å². The molecular weight excluding hydrogens is 629 g/mol. The van der Waals surface area contributed by atoms with E-state index in [0.29, 0.717) is 11.8 Å². The van der Waals surface area contributed by atoms with Crippen LogP contribution in [0.2, 0.25) is 0 Å². The molecule has 0 aliphatic carbocycles. The zero-order chi connectivity index (χ0) is 35.6. The molecule has 0 radical (unpaired) electrons. The first-order chi connectivity index (χ1) is 24.5. The maximum Gasteiger partial charge on any atom is 0.221 e. The van der Waals surface area contributed by atoms with E-state index in [1.807, 2.05) is 41.3 Å². The Bertz CT molecular complexity index is 2550. The molecule has 8 rings (SSSR count). The summed E-state index contributed by atoms with van der Waals surface area (Å²) < 4.78 is 12.9. The van der Waals surface area contributed by atoms with Crippen molar-refractivity contribution in [2.75, 3.05) is 0 Å². The minimum atomic E-state index is -0.0309. The number of hydrogen-bond donors (Lipinski definition) is 0. The van der Waals surface area contributed by atoms with Gasteiger partial charge in [-0.3, -0.25) is 8.97 Å². The molecule has 0 saturated carbocycles. The zero-order valence-corrected chi connectivity index (χ0v) is 30.6. The second-order valence-electron chi connectivity index (χ2n) is 15.2. The number of aryl methyl sites for hydroxylation is 1. The highest BCUT2D eigenvalue weighted by atomic mass is 16.5. The van der Waals surface area contributed by atoms with Crippen LogP contribution in [-0.4, -0.2) is 28.7 Å². The van der Waals surface area contributed by atoms with Gasteiger partial charge in [-0.15, -0.1) is 0 Å². The van der Waals surface area contributed by atoms with Crippen LogP contribution in [0.15, 0.2) is 110 Å². The van der Waals surface area contributed by atoms with E-state index in [1.54, 1.807) is 0 Å². The molecule has 256 valence electrons. The second-order valence-corrected chi connectivity index (χ2v) is 15.2. The normalized spacial score (nSPS) is 12.3. The van der Waals surface area contributed by atoms with E-state index in [4.69, 9.17) is 19.8 Å². The van der Waals surface area contributed by atoms with Gasteiger partial charge in [-0.2, -0.15) is 5.10 Å². The van der Waals surface area contributed by atoms with Crippen LogP contribution < -0.4 is 4.74 Å². The molecule has 0 saturated heterocycles. The molecule has 0 fully saturated rings. The summed E-state index contributed by atoms with van der Waals surface area (Å²) >= 11 is 0. The average molecular weight is 673 g/mol. The summed E-state index contributed by atoms with van der Waals surface area (Å²) in [6.45, 7) is 17.8. The highest BCUT2D eigenvalue weighted by Crippen LogP contribution is 2.37. The number of fused-ring (bicyclic) bond motifs is 5. The molecule has 51 heavy (non-hydrogen) atoms. The molecule has 4 aromatic carbocycles. The lowest BCUT2D eigenvalue weighted by Gasteiger charge is -2.19. The van der Waals surface area contributed by atoms with Crippen LogP contribution in [0, 0.1) is 6.92 Å². The summed E-state index contributed by atoms with van der Waals surface area (Å²) in [5.74, 6) is 3.91. The number of pyridine rings is 1. The average Bonchev–Trinajstić information content (AvgIpc) is 3.82. The van der Waals surface area contributed by atoms with E-state index in [2.05, 4.69) is 137 Å². The number of rotatable bonds is 7. The Hall–Kier alpha value is -5.69. The van der Waals surface area contributed by atoms with E-state index in [1.165, 1.54) is 22.3 Å². The number of benzene rings is 4. The largest absolute Gasteiger partial charge is 0.457 e. The summed E-state index contributed by atoms with van der Waals surface area (Å²) in [5, 5.41) is 4.81. The molecule has 0 bridgehead atoms. The highest BCUT2D eigenvalue weighted by molar-refractivity contribution is 5.93. The molecule has 0 amide bonds. The SMILES string of the molecule is Cc1cccc2c1nc1n(-c3cc(C(C)(C)C)ccn3)c3cc(Oc4cccc(-n5cc(-c6c(C(C)C)cccc6C(C)C)cn5)c4)ccc3n21. The van der Waals surface area contributed by atoms with Gasteiger partial charge in [0.05, 0.1) is 34.0 Å². The maximum absolute atomic E-state index is 6.58. The fourth-order valence-corrected chi connectivity index (χ4v) is 7.19. The van der Waals surface area contributed by atoms with Gasteiger partial charge >= 0.3 is 0 Å². The minimum Gasteiger partial charge on any atom is -0.457 e. The van der Waals surface area contributed by atoms with E-state index >= 15 is 0 Å². The number of para-hydroxylation sites is 1. The standard InChI is InChI=1S/C44H44N6O/c1-27(2)35-15-11-16-36(28(3)4)41(35)30-25-46-48(26-30)32-13-10-14-33(23-32)51-34-18-19-37-39(24-34)50(40-22-31(20-21-45-40)44(6,7)8)43-47-42-29(5)12-9-17-38(42)49(37)43/h9-28H,1-8H3. The first kappa shape index (κ1) is 32.5. The van der Waals surface area contributed by atoms with Crippen LogP contribution in [0.3, 0.4) is 0 Å². The summed E-state index contributed by atoms with van der Waals surface area (Å²) in [6.07, 6.45) is 6.00. The summed E-state index contributed by atoms with van der Waals surface area (Å²) in [5.41, 5.74) is 12.4. The van der Waals surface area contributed by atoms with Crippen molar-refractivity contribution < 1.29 is 4.74 Å². The topological polar surface area (TPSA) is 62.2 Å². The Kier molecular flexibility index (Phi) is 7.82. The van der Waals surface area contributed by atoms with E-state index < -0.39 is 0 Å². The first-order valence-electron chi connectivity index (χ1n) is 17.8. The van der Waals surface area contributed by atoms with Gasteiger partial charge in [-0.05, 0) is 94.5 Å². The maximum atomic E-state index is 6.58. The van der Waals surface area contributed by atoms with E-state index in [9.17, 15) is 0 Å². The molecule has 7 heteroatoms. The number of imidazole rings is 2. The van der Waals surface area contributed by atoms with Gasteiger partial charge in [0.1, 0.15) is 17.3 Å². The number of aromatic nitrogens is 6. The molecule has 4 heterocycles. The molecule has 0 spiro atoms. The first-order valence-corrected chi connectivity index (χ1v) is 17.8. The van der Waals surface area contributed by atoms with Crippen LogP contribution in [0.5, 0.6) is 11.5 Å². The monoisotopic (exact) mass is 672 g/mol.